The van der Waals surface area contributed by atoms with Crippen LogP contribution in [0, 0.1) is 0 Å². The molecule has 94 valence electrons. The number of hydrogen-bond acceptors (Lipinski definition) is 2. The molecule has 1 fully saturated rings. The van der Waals surface area contributed by atoms with Crippen LogP contribution in [-0.2, 0) is 4.79 Å². The molecular weight excluding hydrogens is 200 g/mol. The quantitative estimate of drug-likeness (QED) is 0.666. The van der Waals surface area contributed by atoms with Crippen molar-refractivity contribution in [1.29, 1.82) is 0 Å². The lowest BCUT2D eigenvalue weighted by molar-refractivity contribution is -0.123. The molecule has 0 aromatic rings. The minimum absolute atomic E-state index is 0.0245. The normalized spacial score (nSPS) is 16.2. The second kappa shape index (κ2) is 6.24. The zero-order valence-electron chi connectivity index (χ0n) is 10.9. The summed E-state index contributed by atoms with van der Waals surface area (Å²) < 4.78 is 0. The maximum atomic E-state index is 11.8. The number of carbonyl (C=O) groups excluding carboxylic acids is 1. The second-order valence-electron chi connectivity index (χ2n) is 4.87. The summed E-state index contributed by atoms with van der Waals surface area (Å²) in [6, 6.07) is 0.695. The van der Waals surface area contributed by atoms with E-state index in [1.54, 1.807) is 0 Å². The lowest BCUT2D eigenvalue weighted by Crippen LogP contribution is -2.47. The summed E-state index contributed by atoms with van der Waals surface area (Å²) in [5.74, 6) is 0.193. The Bertz CT molecular complexity index is 212. The Morgan fingerprint density at radius 1 is 1.19 bits per heavy atom. The molecule has 0 aromatic carbocycles. The minimum atomic E-state index is 0.0245. The summed E-state index contributed by atoms with van der Waals surface area (Å²) >= 11 is 0. The highest BCUT2D eigenvalue weighted by molar-refractivity contribution is 5.77. The fourth-order valence-corrected chi connectivity index (χ4v) is 2.05. The molecule has 0 heterocycles. The first-order valence-electron chi connectivity index (χ1n) is 6.70. The van der Waals surface area contributed by atoms with Crippen molar-refractivity contribution < 1.29 is 4.79 Å². The van der Waals surface area contributed by atoms with Gasteiger partial charge in [-0.15, -0.1) is 0 Å². The third kappa shape index (κ3) is 4.12. The predicted molar refractivity (Wildman–Crippen MR) is 67.4 cm³/mol. The van der Waals surface area contributed by atoms with E-state index in [1.807, 2.05) is 0 Å². The molecule has 0 bridgehead atoms. The largest absolute Gasteiger partial charge is 0.351 e. The van der Waals surface area contributed by atoms with E-state index in [1.165, 1.54) is 12.8 Å². The lowest BCUT2D eigenvalue weighted by Gasteiger charge is -2.31. The van der Waals surface area contributed by atoms with Crippen molar-refractivity contribution in [2.24, 2.45) is 0 Å². The molecule has 0 unspecified atom stereocenters. The summed E-state index contributed by atoms with van der Waals surface area (Å²) in [4.78, 5) is 11.8. The molecule has 1 aliphatic rings. The zero-order chi connectivity index (χ0) is 12.0. The van der Waals surface area contributed by atoms with Gasteiger partial charge in [-0.3, -0.25) is 4.79 Å². The summed E-state index contributed by atoms with van der Waals surface area (Å²) in [6.45, 7) is 7.27. The highest BCUT2D eigenvalue weighted by Gasteiger charge is 2.26. The smallest absolute Gasteiger partial charge is 0.221 e. The first-order chi connectivity index (χ1) is 7.65. The predicted octanol–water partition coefficient (Wildman–Crippen LogP) is 2.21. The highest BCUT2D eigenvalue weighted by Crippen LogP contribution is 2.20. The maximum Gasteiger partial charge on any atom is 0.221 e. The Hall–Kier alpha value is -0.570. The molecule has 16 heavy (non-hydrogen) atoms. The molecule has 1 amide bonds. The van der Waals surface area contributed by atoms with E-state index in [9.17, 15) is 4.79 Å². The van der Waals surface area contributed by atoms with Crippen molar-refractivity contribution in [1.82, 2.24) is 10.6 Å². The molecule has 0 radical (unpaired) electrons. The average Bonchev–Trinajstić information content (AvgIpc) is 3.10. The standard InChI is InChI=1S/C13H26N2O/c1-4-13(5-2,6-3)15-12(16)9-10-14-11-7-8-11/h11,14H,4-10H2,1-3H3,(H,15,16). The summed E-state index contributed by atoms with van der Waals surface area (Å²) in [5, 5.41) is 6.56. The van der Waals surface area contributed by atoms with Crippen molar-refractivity contribution in [3.63, 3.8) is 0 Å². The number of nitrogens with one attached hydrogen (secondary N) is 2. The lowest BCUT2D eigenvalue weighted by atomic mass is 9.89. The topological polar surface area (TPSA) is 41.1 Å². The van der Waals surface area contributed by atoms with Gasteiger partial charge in [-0.25, -0.2) is 0 Å². The van der Waals surface area contributed by atoms with Gasteiger partial charge in [-0.2, -0.15) is 0 Å². The zero-order valence-corrected chi connectivity index (χ0v) is 10.9. The van der Waals surface area contributed by atoms with E-state index in [4.69, 9.17) is 0 Å². The molecule has 0 spiro atoms. The van der Waals surface area contributed by atoms with Gasteiger partial charge in [-0.1, -0.05) is 20.8 Å². The van der Waals surface area contributed by atoms with E-state index < -0.39 is 0 Å². The Balaban J connectivity index is 2.23. The highest BCUT2D eigenvalue weighted by atomic mass is 16.1. The minimum Gasteiger partial charge on any atom is -0.351 e. The molecule has 1 aliphatic carbocycles. The van der Waals surface area contributed by atoms with Crippen molar-refractivity contribution in [3.05, 3.63) is 0 Å². The van der Waals surface area contributed by atoms with Gasteiger partial charge in [-0.05, 0) is 32.1 Å². The summed E-state index contributed by atoms with van der Waals surface area (Å²) in [6.07, 6.45) is 6.22. The fourth-order valence-electron chi connectivity index (χ4n) is 2.05. The van der Waals surface area contributed by atoms with Gasteiger partial charge in [0.15, 0.2) is 0 Å². The van der Waals surface area contributed by atoms with Gasteiger partial charge in [0.25, 0.3) is 0 Å². The van der Waals surface area contributed by atoms with E-state index in [0.29, 0.717) is 12.5 Å². The number of amides is 1. The number of hydrogen-bond donors (Lipinski definition) is 2. The monoisotopic (exact) mass is 226 g/mol. The molecule has 0 saturated heterocycles. The third-order valence-corrected chi connectivity index (χ3v) is 3.80. The van der Waals surface area contributed by atoms with Crippen molar-refractivity contribution in [2.45, 2.75) is 70.9 Å². The molecule has 0 aromatic heterocycles. The van der Waals surface area contributed by atoms with E-state index in [-0.39, 0.29) is 11.4 Å². The van der Waals surface area contributed by atoms with Crippen molar-refractivity contribution >= 4 is 5.91 Å². The number of rotatable bonds is 8. The SMILES string of the molecule is CCC(CC)(CC)NC(=O)CCNC1CC1. The Morgan fingerprint density at radius 3 is 2.19 bits per heavy atom. The van der Waals surface area contributed by atoms with Crippen molar-refractivity contribution in [2.75, 3.05) is 6.54 Å². The Labute approximate surface area is 99.4 Å². The molecular formula is C13H26N2O. The average molecular weight is 226 g/mol. The molecule has 3 nitrogen and oxygen atoms in total. The van der Waals surface area contributed by atoms with Gasteiger partial charge < -0.3 is 10.6 Å². The molecule has 0 atom stereocenters. The molecule has 1 saturated carbocycles. The van der Waals surface area contributed by atoms with Gasteiger partial charge >= 0.3 is 0 Å². The van der Waals surface area contributed by atoms with E-state index in [0.717, 1.165) is 25.8 Å². The van der Waals surface area contributed by atoms with Crippen LogP contribution in [0.5, 0.6) is 0 Å². The molecule has 2 N–H and O–H groups in total. The van der Waals surface area contributed by atoms with Crippen LogP contribution < -0.4 is 10.6 Å². The third-order valence-electron chi connectivity index (χ3n) is 3.80. The van der Waals surface area contributed by atoms with Gasteiger partial charge in [0, 0.05) is 24.5 Å². The van der Waals surface area contributed by atoms with Crippen LogP contribution in [0.4, 0.5) is 0 Å². The summed E-state index contributed by atoms with van der Waals surface area (Å²) in [7, 11) is 0. The molecule has 3 heteroatoms. The Morgan fingerprint density at radius 2 is 1.75 bits per heavy atom. The first kappa shape index (κ1) is 13.5. The number of carbonyl (C=O) groups is 1. The van der Waals surface area contributed by atoms with Crippen LogP contribution >= 0.6 is 0 Å². The van der Waals surface area contributed by atoms with Gasteiger partial charge in [0.05, 0.1) is 0 Å². The van der Waals surface area contributed by atoms with Crippen molar-refractivity contribution in [3.8, 4) is 0 Å². The van der Waals surface area contributed by atoms with Gasteiger partial charge in [0.2, 0.25) is 5.91 Å². The second-order valence-corrected chi connectivity index (χ2v) is 4.87. The molecule has 1 rings (SSSR count). The fraction of sp³-hybridized carbons (Fsp3) is 0.923. The molecule has 0 aliphatic heterocycles. The van der Waals surface area contributed by atoms with Crippen LogP contribution in [0.2, 0.25) is 0 Å². The Kier molecular flexibility index (Phi) is 5.26. The van der Waals surface area contributed by atoms with Crippen LogP contribution in [0.1, 0.15) is 59.3 Å². The first-order valence-corrected chi connectivity index (χ1v) is 6.70. The van der Waals surface area contributed by atoms with Crippen LogP contribution in [0.3, 0.4) is 0 Å². The summed E-state index contributed by atoms with van der Waals surface area (Å²) in [5.41, 5.74) is 0.0245. The van der Waals surface area contributed by atoms with Crippen LogP contribution in [0.25, 0.3) is 0 Å². The van der Waals surface area contributed by atoms with Crippen LogP contribution in [-0.4, -0.2) is 24.0 Å². The van der Waals surface area contributed by atoms with E-state index in [2.05, 4.69) is 31.4 Å². The van der Waals surface area contributed by atoms with Crippen LogP contribution in [0.15, 0.2) is 0 Å². The van der Waals surface area contributed by atoms with E-state index >= 15 is 0 Å². The maximum absolute atomic E-state index is 11.8. The van der Waals surface area contributed by atoms with Gasteiger partial charge in [0.1, 0.15) is 0 Å².